The zero-order valence-corrected chi connectivity index (χ0v) is 23.2. The van der Waals surface area contributed by atoms with E-state index in [4.69, 9.17) is 0 Å². The smallest absolute Gasteiger partial charge is 0.270 e. The second kappa shape index (κ2) is 14.0. The van der Waals surface area contributed by atoms with Crippen LogP contribution in [0.4, 0.5) is 11.5 Å². The quantitative estimate of drug-likeness (QED) is 0.369. The summed E-state index contributed by atoms with van der Waals surface area (Å²) < 4.78 is 0. The third-order valence-corrected chi connectivity index (χ3v) is 7.10. The van der Waals surface area contributed by atoms with Crippen molar-refractivity contribution < 1.29 is 9.59 Å². The van der Waals surface area contributed by atoms with Crippen molar-refractivity contribution in [3.8, 4) is 0 Å². The maximum Gasteiger partial charge on any atom is 0.270 e. The first-order valence-electron chi connectivity index (χ1n) is 13.5. The van der Waals surface area contributed by atoms with Crippen molar-refractivity contribution in [3.63, 3.8) is 0 Å². The number of carbonyl (C=O) groups excluding carboxylic acids is 2. The van der Waals surface area contributed by atoms with Gasteiger partial charge in [-0.05, 0) is 51.2 Å². The van der Waals surface area contributed by atoms with Gasteiger partial charge in [0.25, 0.3) is 5.91 Å². The number of amides is 2. The molecule has 3 rings (SSSR count). The summed E-state index contributed by atoms with van der Waals surface area (Å²) in [6.45, 7) is 11.0. The van der Waals surface area contributed by atoms with Crippen molar-refractivity contribution in [1.82, 2.24) is 20.1 Å². The summed E-state index contributed by atoms with van der Waals surface area (Å²) in [6, 6.07) is 4.08. The predicted molar refractivity (Wildman–Crippen MR) is 152 cm³/mol. The largest absolute Gasteiger partial charge is 0.382 e. The molecule has 1 fully saturated rings. The maximum absolute atomic E-state index is 13.0. The van der Waals surface area contributed by atoms with Crippen LogP contribution in [0.3, 0.4) is 0 Å². The van der Waals surface area contributed by atoms with E-state index in [9.17, 15) is 9.59 Å². The molecule has 202 valence electrons. The molecule has 1 aromatic heterocycles. The fourth-order valence-electron chi connectivity index (χ4n) is 4.72. The molecule has 0 saturated carbocycles. The standard InChI is InChI=1S/C29H44N6O2/c1-6-7-8-10-24-21-34(16-11-22(24)2)15-9-14-30-29(37)27-19-26(20-28(32-27)33(4)5)31-25-12-17-35(18-13-25)23(3)36/h6-8,10,19-20,25H,9,11-18,21H2,1-5H3,(H,30,37)(H,31,32)/b7-6-,10-8-. The Morgan fingerprint density at radius 3 is 2.59 bits per heavy atom. The Labute approximate surface area is 222 Å². The first kappa shape index (κ1) is 28.4. The van der Waals surface area contributed by atoms with Crippen molar-refractivity contribution in [1.29, 1.82) is 0 Å². The van der Waals surface area contributed by atoms with Gasteiger partial charge in [-0.25, -0.2) is 4.98 Å². The number of hydrogen-bond acceptors (Lipinski definition) is 6. The first-order valence-corrected chi connectivity index (χ1v) is 13.5. The first-order chi connectivity index (χ1) is 17.8. The zero-order valence-electron chi connectivity index (χ0n) is 23.2. The van der Waals surface area contributed by atoms with Gasteiger partial charge in [-0.2, -0.15) is 0 Å². The van der Waals surface area contributed by atoms with E-state index in [0.29, 0.717) is 12.2 Å². The van der Waals surface area contributed by atoms with E-state index in [-0.39, 0.29) is 17.9 Å². The van der Waals surface area contributed by atoms with Crippen LogP contribution in [0.2, 0.25) is 0 Å². The van der Waals surface area contributed by atoms with E-state index in [1.54, 1.807) is 6.92 Å². The van der Waals surface area contributed by atoms with Crippen LogP contribution in [0.5, 0.6) is 0 Å². The number of piperidine rings is 1. The number of nitrogens with zero attached hydrogens (tertiary/aromatic N) is 4. The Morgan fingerprint density at radius 2 is 1.92 bits per heavy atom. The summed E-state index contributed by atoms with van der Waals surface area (Å²) in [5.74, 6) is 0.720. The van der Waals surface area contributed by atoms with Crippen LogP contribution in [0, 0.1) is 0 Å². The van der Waals surface area contributed by atoms with Gasteiger partial charge in [0.15, 0.2) is 0 Å². The molecule has 0 atom stereocenters. The summed E-state index contributed by atoms with van der Waals surface area (Å²) in [5, 5.41) is 6.62. The number of rotatable bonds is 10. The molecule has 0 spiro atoms. The minimum atomic E-state index is -0.150. The number of allylic oxidation sites excluding steroid dienone is 3. The molecule has 1 aromatic rings. The van der Waals surface area contributed by atoms with Gasteiger partial charge in [0.05, 0.1) is 0 Å². The number of aromatic nitrogens is 1. The highest BCUT2D eigenvalue weighted by atomic mass is 16.2. The summed E-state index contributed by atoms with van der Waals surface area (Å²) >= 11 is 0. The van der Waals surface area contributed by atoms with Crippen molar-refractivity contribution in [2.45, 2.75) is 52.5 Å². The average molecular weight is 509 g/mol. The molecule has 2 amide bonds. The molecule has 8 nitrogen and oxygen atoms in total. The van der Waals surface area contributed by atoms with Crippen LogP contribution < -0.4 is 15.5 Å². The van der Waals surface area contributed by atoms with Crippen LogP contribution in [0.15, 0.2) is 47.6 Å². The topological polar surface area (TPSA) is 80.8 Å². The van der Waals surface area contributed by atoms with Crippen LogP contribution >= 0.6 is 0 Å². The number of nitrogens with one attached hydrogen (secondary N) is 2. The lowest BCUT2D eigenvalue weighted by molar-refractivity contribution is -0.129. The molecule has 1 saturated heterocycles. The van der Waals surface area contributed by atoms with E-state index < -0.39 is 0 Å². The molecule has 0 bridgehead atoms. The molecule has 0 unspecified atom stereocenters. The molecule has 0 radical (unpaired) electrons. The Morgan fingerprint density at radius 1 is 1.16 bits per heavy atom. The van der Waals surface area contributed by atoms with Crippen molar-refractivity contribution in [3.05, 3.63) is 53.3 Å². The van der Waals surface area contributed by atoms with Gasteiger partial charge in [0, 0.05) is 78.1 Å². The minimum Gasteiger partial charge on any atom is -0.382 e. The number of carbonyl (C=O) groups is 2. The monoisotopic (exact) mass is 508 g/mol. The molecule has 0 aliphatic carbocycles. The Hall–Kier alpha value is -3.13. The zero-order chi connectivity index (χ0) is 26.8. The molecule has 2 aliphatic rings. The summed E-state index contributed by atoms with van der Waals surface area (Å²) in [5.41, 5.74) is 4.16. The van der Waals surface area contributed by atoms with Crippen LogP contribution in [-0.2, 0) is 4.79 Å². The molecule has 2 aliphatic heterocycles. The molecule has 0 aromatic carbocycles. The fourth-order valence-corrected chi connectivity index (χ4v) is 4.72. The van der Waals surface area contributed by atoms with Crippen molar-refractivity contribution in [2.75, 3.05) is 63.6 Å². The van der Waals surface area contributed by atoms with E-state index >= 15 is 0 Å². The van der Waals surface area contributed by atoms with E-state index in [0.717, 1.165) is 69.9 Å². The van der Waals surface area contributed by atoms with E-state index in [1.807, 2.05) is 49.0 Å². The molecule has 8 heteroatoms. The number of pyridine rings is 1. The summed E-state index contributed by atoms with van der Waals surface area (Å²) in [6.07, 6.45) is 12.2. The highest BCUT2D eigenvalue weighted by molar-refractivity contribution is 5.93. The van der Waals surface area contributed by atoms with Crippen molar-refractivity contribution in [2.24, 2.45) is 0 Å². The molecule has 3 heterocycles. The van der Waals surface area contributed by atoms with Crippen molar-refractivity contribution >= 4 is 23.3 Å². The lowest BCUT2D eigenvalue weighted by Crippen LogP contribution is -2.41. The number of likely N-dealkylation sites (tertiary alicyclic amines) is 1. The number of hydrogen-bond donors (Lipinski definition) is 2. The van der Waals surface area contributed by atoms with Gasteiger partial charge in [0.2, 0.25) is 5.91 Å². The average Bonchev–Trinajstić information content (AvgIpc) is 2.88. The van der Waals surface area contributed by atoms with Crippen LogP contribution in [0.25, 0.3) is 0 Å². The van der Waals surface area contributed by atoms with Gasteiger partial charge in [0.1, 0.15) is 11.5 Å². The van der Waals surface area contributed by atoms with Gasteiger partial charge < -0.3 is 20.4 Å². The summed E-state index contributed by atoms with van der Waals surface area (Å²) in [7, 11) is 3.85. The van der Waals surface area contributed by atoms with E-state index in [1.165, 1.54) is 11.1 Å². The van der Waals surface area contributed by atoms with Gasteiger partial charge in [-0.15, -0.1) is 0 Å². The lowest BCUT2D eigenvalue weighted by Gasteiger charge is -2.32. The van der Waals surface area contributed by atoms with Gasteiger partial charge in [-0.1, -0.05) is 29.9 Å². The normalized spacial score (nSPS) is 17.6. The highest BCUT2D eigenvalue weighted by Gasteiger charge is 2.21. The lowest BCUT2D eigenvalue weighted by atomic mass is 10.0. The fraction of sp³-hybridized carbons (Fsp3) is 0.552. The second-order valence-corrected chi connectivity index (χ2v) is 10.2. The molecule has 37 heavy (non-hydrogen) atoms. The summed E-state index contributed by atoms with van der Waals surface area (Å²) in [4.78, 5) is 35.4. The number of anilines is 2. The molecular formula is C29H44N6O2. The third kappa shape index (κ3) is 8.74. The minimum absolute atomic E-state index is 0.129. The maximum atomic E-state index is 13.0. The SMILES string of the molecule is C/C=C\C=C/C1=C(C)CCN(CCCNC(=O)c2cc(NC3CCN(C(C)=O)CC3)cc(N(C)C)n2)C1. The molecular weight excluding hydrogens is 464 g/mol. The van der Waals surface area contributed by atoms with Gasteiger partial charge >= 0.3 is 0 Å². The Kier molecular flexibility index (Phi) is 10.7. The van der Waals surface area contributed by atoms with Crippen LogP contribution in [-0.4, -0.2) is 86.0 Å². The Balaban J connectivity index is 1.52. The predicted octanol–water partition coefficient (Wildman–Crippen LogP) is 3.84. The second-order valence-electron chi connectivity index (χ2n) is 10.2. The van der Waals surface area contributed by atoms with Crippen LogP contribution in [0.1, 0.15) is 56.9 Å². The van der Waals surface area contributed by atoms with Gasteiger partial charge in [-0.3, -0.25) is 14.5 Å². The molecule has 2 N–H and O–H groups in total. The Bertz CT molecular complexity index is 1020. The highest BCUT2D eigenvalue weighted by Crippen LogP contribution is 2.22. The van der Waals surface area contributed by atoms with E-state index in [2.05, 4.69) is 45.7 Å². The third-order valence-electron chi connectivity index (χ3n) is 7.10.